The van der Waals surface area contributed by atoms with Crippen LogP contribution >= 0.6 is 15.9 Å². The Kier molecular flexibility index (Phi) is 5.60. The number of carbonyl (C=O) groups is 1. The molecule has 158 valence electrons. The minimum Gasteiger partial charge on any atom is -0.497 e. The monoisotopic (exact) mass is 482 g/mol. The average molecular weight is 483 g/mol. The van der Waals surface area contributed by atoms with Crippen molar-refractivity contribution in [3.8, 4) is 17.1 Å². The Balaban J connectivity index is 2.03. The third kappa shape index (κ3) is 3.72. The molecule has 0 aliphatic carbocycles. The highest BCUT2D eigenvalue weighted by Gasteiger charge is 2.25. The molecule has 0 aliphatic heterocycles. The van der Waals surface area contributed by atoms with Crippen molar-refractivity contribution in [2.24, 2.45) is 0 Å². The molecule has 0 spiro atoms. The highest BCUT2D eigenvalue weighted by atomic mass is 79.9. The van der Waals surface area contributed by atoms with Gasteiger partial charge in [-0.2, -0.15) is 5.10 Å². The van der Waals surface area contributed by atoms with Crippen molar-refractivity contribution < 1.29 is 14.3 Å². The van der Waals surface area contributed by atoms with E-state index in [4.69, 9.17) is 9.47 Å². The van der Waals surface area contributed by atoms with Crippen molar-refractivity contribution in [3.05, 3.63) is 74.9 Å². The molecular weight excluding hydrogens is 464 g/mol. The zero-order valence-electron chi connectivity index (χ0n) is 17.1. The number of carbonyl (C=O) groups excluding carboxylic acids is 1. The van der Waals surface area contributed by atoms with Gasteiger partial charge in [-0.25, -0.2) is 14.5 Å². The van der Waals surface area contributed by atoms with Crippen molar-refractivity contribution in [1.82, 2.24) is 19.3 Å². The number of halogens is 1. The van der Waals surface area contributed by atoms with Gasteiger partial charge in [-0.15, -0.1) is 0 Å². The second-order valence-corrected chi connectivity index (χ2v) is 7.57. The normalized spacial score (nSPS) is 11.0. The summed E-state index contributed by atoms with van der Waals surface area (Å²) in [7, 11) is 1.57. The van der Waals surface area contributed by atoms with Crippen LogP contribution in [-0.4, -0.2) is 39.0 Å². The number of nitrogens with zero attached hydrogens (tertiary/aromatic N) is 4. The third-order valence-corrected chi connectivity index (χ3v) is 5.26. The number of esters is 1. The van der Waals surface area contributed by atoms with Crippen LogP contribution in [0.15, 0.2) is 57.8 Å². The van der Waals surface area contributed by atoms with Gasteiger partial charge < -0.3 is 9.47 Å². The van der Waals surface area contributed by atoms with E-state index >= 15 is 0 Å². The Morgan fingerprint density at radius 1 is 1.06 bits per heavy atom. The Bertz CT molecular complexity index is 1330. The predicted molar refractivity (Wildman–Crippen MR) is 119 cm³/mol. The largest absolute Gasteiger partial charge is 0.497 e. The molecular formula is C22H19BrN4O4. The maximum absolute atomic E-state index is 13.6. The molecule has 0 amide bonds. The molecule has 0 fully saturated rings. The van der Waals surface area contributed by atoms with Gasteiger partial charge in [0.25, 0.3) is 5.56 Å². The topological polar surface area (TPSA) is 88.2 Å². The highest BCUT2D eigenvalue weighted by molar-refractivity contribution is 9.10. The summed E-state index contributed by atoms with van der Waals surface area (Å²) >= 11 is 3.40. The lowest BCUT2D eigenvalue weighted by Gasteiger charge is -2.11. The fraction of sp³-hybridized carbons (Fsp3) is 0.182. The molecule has 0 radical (unpaired) electrons. The fourth-order valence-corrected chi connectivity index (χ4v) is 3.58. The molecule has 0 atom stereocenters. The Hall–Kier alpha value is -3.46. The first-order valence-electron chi connectivity index (χ1n) is 9.54. The number of methoxy groups -OCH3 is 1. The smallest absolute Gasteiger partial charge is 0.361 e. The standard InChI is InChI=1S/C22H19BrN4O4/c1-4-31-22(29)19-18-20(27(25-19)16-9-11-17(30-3)12-10-16)21(28)26(13(2)24-18)15-7-5-14(23)6-8-15/h5-12H,4H2,1-3H3. The van der Waals surface area contributed by atoms with Gasteiger partial charge in [-0.3, -0.25) is 9.36 Å². The van der Waals surface area contributed by atoms with Gasteiger partial charge in [-0.05, 0) is 62.4 Å². The van der Waals surface area contributed by atoms with E-state index in [0.717, 1.165) is 4.47 Å². The first-order chi connectivity index (χ1) is 14.9. The molecule has 4 rings (SSSR count). The molecule has 0 saturated carbocycles. The summed E-state index contributed by atoms with van der Waals surface area (Å²) in [6.45, 7) is 3.60. The SMILES string of the molecule is CCOC(=O)c1nn(-c2ccc(OC)cc2)c2c(=O)n(-c3ccc(Br)cc3)c(C)nc12. The highest BCUT2D eigenvalue weighted by Crippen LogP contribution is 2.23. The predicted octanol–water partition coefficient (Wildman–Crippen LogP) is 3.83. The lowest BCUT2D eigenvalue weighted by Crippen LogP contribution is -2.24. The van der Waals surface area contributed by atoms with Crippen molar-refractivity contribution in [1.29, 1.82) is 0 Å². The maximum atomic E-state index is 13.6. The first-order valence-corrected chi connectivity index (χ1v) is 10.3. The lowest BCUT2D eigenvalue weighted by atomic mass is 10.2. The van der Waals surface area contributed by atoms with Crippen LogP contribution in [0.5, 0.6) is 5.75 Å². The van der Waals surface area contributed by atoms with Gasteiger partial charge in [0, 0.05) is 4.47 Å². The number of hydrogen-bond acceptors (Lipinski definition) is 6. The van der Waals surface area contributed by atoms with E-state index in [0.29, 0.717) is 22.9 Å². The first kappa shape index (κ1) is 20.8. The molecule has 0 bridgehead atoms. The van der Waals surface area contributed by atoms with E-state index in [1.165, 1.54) is 9.25 Å². The van der Waals surface area contributed by atoms with E-state index in [-0.39, 0.29) is 28.9 Å². The molecule has 8 nitrogen and oxygen atoms in total. The molecule has 2 heterocycles. The number of benzene rings is 2. The molecule has 0 unspecified atom stereocenters. The van der Waals surface area contributed by atoms with Crippen LogP contribution in [0.25, 0.3) is 22.4 Å². The number of fused-ring (bicyclic) bond motifs is 1. The fourth-order valence-electron chi connectivity index (χ4n) is 3.31. The van der Waals surface area contributed by atoms with Gasteiger partial charge >= 0.3 is 5.97 Å². The van der Waals surface area contributed by atoms with Crippen LogP contribution < -0.4 is 10.3 Å². The Morgan fingerprint density at radius 3 is 2.32 bits per heavy atom. The summed E-state index contributed by atoms with van der Waals surface area (Å²) in [6.07, 6.45) is 0. The van der Waals surface area contributed by atoms with Crippen molar-refractivity contribution in [2.45, 2.75) is 13.8 Å². The summed E-state index contributed by atoms with van der Waals surface area (Å²) in [5.41, 5.74) is 1.28. The lowest BCUT2D eigenvalue weighted by molar-refractivity contribution is 0.0521. The number of hydrogen-bond donors (Lipinski definition) is 0. The third-order valence-electron chi connectivity index (χ3n) is 4.73. The summed E-state index contributed by atoms with van der Waals surface area (Å²) in [6, 6.07) is 14.3. The average Bonchev–Trinajstić information content (AvgIpc) is 3.15. The quantitative estimate of drug-likeness (QED) is 0.401. The molecule has 0 N–H and O–H groups in total. The molecule has 2 aromatic carbocycles. The molecule has 0 aliphatic rings. The molecule has 4 aromatic rings. The molecule has 31 heavy (non-hydrogen) atoms. The summed E-state index contributed by atoms with van der Waals surface area (Å²) < 4.78 is 14.2. The van der Waals surface area contributed by atoms with Crippen LogP contribution in [0.2, 0.25) is 0 Å². The number of ether oxygens (including phenoxy) is 2. The van der Waals surface area contributed by atoms with Gasteiger partial charge in [0.2, 0.25) is 0 Å². The van der Waals surface area contributed by atoms with E-state index in [2.05, 4.69) is 26.0 Å². The van der Waals surface area contributed by atoms with E-state index in [9.17, 15) is 9.59 Å². The van der Waals surface area contributed by atoms with Crippen molar-refractivity contribution >= 4 is 32.9 Å². The number of aryl methyl sites for hydroxylation is 1. The van der Waals surface area contributed by atoms with Crippen LogP contribution in [0.3, 0.4) is 0 Å². The van der Waals surface area contributed by atoms with E-state index < -0.39 is 5.97 Å². The zero-order chi connectivity index (χ0) is 22.1. The second kappa shape index (κ2) is 8.35. The van der Waals surface area contributed by atoms with Crippen LogP contribution in [-0.2, 0) is 4.74 Å². The minimum atomic E-state index is -0.632. The van der Waals surface area contributed by atoms with Crippen LogP contribution in [0, 0.1) is 6.92 Å². The zero-order valence-corrected chi connectivity index (χ0v) is 18.7. The Morgan fingerprint density at radius 2 is 1.71 bits per heavy atom. The number of rotatable bonds is 5. The van der Waals surface area contributed by atoms with Crippen LogP contribution in [0.1, 0.15) is 23.2 Å². The Labute approximate surface area is 186 Å². The summed E-state index contributed by atoms with van der Waals surface area (Å²) in [5.74, 6) is 0.458. The van der Waals surface area contributed by atoms with E-state index in [1.807, 2.05) is 24.3 Å². The summed E-state index contributed by atoms with van der Waals surface area (Å²) in [5, 5.41) is 4.40. The minimum absolute atomic E-state index is 0.00387. The molecule has 9 heteroatoms. The van der Waals surface area contributed by atoms with Crippen molar-refractivity contribution in [3.63, 3.8) is 0 Å². The van der Waals surface area contributed by atoms with Crippen LogP contribution in [0.4, 0.5) is 0 Å². The maximum Gasteiger partial charge on any atom is 0.361 e. The number of aromatic nitrogens is 4. The summed E-state index contributed by atoms with van der Waals surface area (Å²) in [4.78, 5) is 30.7. The van der Waals surface area contributed by atoms with Gasteiger partial charge in [0.15, 0.2) is 11.2 Å². The van der Waals surface area contributed by atoms with Gasteiger partial charge in [0.1, 0.15) is 17.1 Å². The van der Waals surface area contributed by atoms with Gasteiger partial charge in [0.05, 0.1) is 25.1 Å². The van der Waals surface area contributed by atoms with Crippen molar-refractivity contribution in [2.75, 3.05) is 13.7 Å². The second-order valence-electron chi connectivity index (χ2n) is 6.65. The van der Waals surface area contributed by atoms with E-state index in [1.54, 1.807) is 45.2 Å². The molecule has 2 aromatic heterocycles. The molecule has 0 saturated heterocycles. The van der Waals surface area contributed by atoms with Gasteiger partial charge in [-0.1, -0.05) is 15.9 Å².